The summed E-state index contributed by atoms with van der Waals surface area (Å²) in [6.07, 6.45) is 1.88. The minimum absolute atomic E-state index is 0.179. The molecule has 1 saturated heterocycles. The summed E-state index contributed by atoms with van der Waals surface area (Å²) in [6, 6.07) is 6.38. The average molecular weight is 545 g/mol. The summed E-state index contributed by atoms with van der Waals surface area (Å²) in [5.74, 6) is 3.04. The molecule has 2 N–H and O–H groups in total. The number of carbonyl (C=O) groups is 1. The van der Waals surface area contributed by atoms with Gasteiger partial charge in [0.1, 0.15) is 48.2 Å². The maximum atomic E-state index is 12.3. The quantitative estimate of drug-likeness (QED) is 0.283. The van der Waals surface area contributed by atoms with E-state index in [1.807, 2.05) is 12.3 Å². The van der Waals surface area contributed by atoms with E-state index in [0.29, 0.717) is 35.9 Å². The van der Waals surface area contributed by atoms with Crippen LogP contribution >= 0.6 is 11.3 Å². The molecule has 3 aromatic heterocycles. The first-order valence-corrected chi connectivity index (χ1v) is 14.2. The Morgan fingerprint density at radius 2 is 1.95 bits per heavy atom. The average Bonchev–Trinajstić information content (AvgIpc) is 3.60. The van der Waals surface area contributed by atoms with Crippen molar-refractivity contribution in [3.63, 3.8) is 0 Å². The summed E-state index contributed by atoms with van der Waals surface area (Å²) < 4.78 is 6.74. The van der Waals surface area contributed by atoms with Crippen LogP contribution in [-0.2, 0) is 17.9 Å². The smallest absolute Gasteiger partial charge is 0.311 e. The fourth-order valence-electron chi connectivity index (χ4n) is 5.65. The van der Waals surface area contributed by atoms with Gasteiger partial charge in [-0.3, -0.25) is 0 Å². The number of ether oxygens (including phenoxy) is 1. The summed E-state index contributed by atoms with van der Waals surface area (Å²) in [6.45, 7) is 14.4. The number of rotatable bonds is 5. The van der Waals surface area contributed by atoms with Crippen LogP contribution < -0.4 is 15.4 Å². The number of hydrogen-bond donors (Lipinski definition) is 1. The predicted molar refractivity (Wildman–Crippen MR) is 154 cm³/mol. The number of anilines is 2. The van der Waals surface area contributed by atoms with Gasteiger partial charge in [-0.1, -0.05) is 25.2 Å². The number of carbonyl (C=O) groups excluding carboxylic acids is 1. The number of amides is 1. The van der Waals surface area contributed by atoms with E-state index in [9.17, 15) is 4.79 Å². The molecule has 0 saturated carbocycles. The van der Waals surface area contributed by atoms with Gasteiger partial charge in [0.15, 0.2) is 11.0 Å². The molecule has 5 heterocycles. The number of benzene rings is 1. The van der Waals surface area contributed by atoms with Crippen molar-refractivity contribution in [3.05, 3.63) is 52.6 Å². The van der Waals surface area contributed by atoms with E-state index in [1.54, 1.807) is 6.92 Å². The zero-order valence-electron chi connectivity index (χ0n) is 23.1. The van der Waals surface area contributed by atoms with E-state index >= 15 is 0 Å². The fourth-order valence-corrected chi connectivity index (χ4v) is 6.30. The topological polar surface area (TPSA) is 107 Å². The Bertz CT molecular complexity index is 1610. The summed E-state index contributed by atoms with van der Waals surface area (Å²) in [5.41, 5.74) is 13.1. The molecule has 0 spiro atoms. The fraction of sp³-hybridized carbons (Fsp3) is 0.414. The van der Waals surface area contributed by atoms with Crippen molar-refractivity contribution in [1.29, 1.82) is 0 Å². The second-order valence-corrected chi connectivity index (χ2v) is 12.0. The predicted octanol–water partition coefficient (Wildman–Crippen LogP) is 4.75. The zero-order chi connectivity index (χ0) is 27.5. The number of pyridine rings is 1. The molecule has 9 nitrogen and oxygen atoms in total. The molecular weight excluding hydrogens is 510 g/mol. The van der Waals surface area contributed by atoms with Crippen LogP contribution in [0.4, 0.5) is 10.9 Å². The number of nitrogens with two attached hydrogens (primary N) is 1. The summed E-state index contributed by atoms with van der Waals surface area (Å²) in [7, 11) is 0. The third-order valence-electron chi connectivity index (χ3n) is 7.83. The number of nitrogen functional groups attached to an aromatic ring is 1. The molecule has 10 heteroatoms. The molecule has 6 rings (SSSR count). The lowest BCUT2D eigenvalue weighted by Gasteiger charge is -2.27. The van der Waals surface area contributed by atoms with Crippen LogP contribution in [0.2, 0.25) is 0 Å². The van der Waals surface area contributed by atoms with Gasteiger partial charge in [-0.05, 0) is 49.1 Å². The number of aryl methyl sites for hydroxylation is 2. The highest BCUT2D eigenvalue weighted by Crippen LogP contribution is 2.37. The van der Waals surface area contributed by atoms with Gasteiger partial charge < -0.3 is 15.4 Å². The second kappa shape index (κ2) is 9.53. The highest BCUT2D eigenvalue weighted by Gasteiger charge is 2.48. The van der Waals surface area contributed by atoms with Gasteiger partial charge in [-0.15, -0.1) is 0 Å². The van der Waals surface area contributed by atoms with E-state index in [2.05, 4.69) is 54.7 Å². The third-order valence-corrected chi connectivity index (χ3v) is 8.64. The van der Waals surface area contributed by atoms with Crippen LogP contribution in [0.15, 0.2) is 24.4 Å². The van der Waals surface area contributed by atoms with Crippen molar-refractivity contribution >= 4 is 38.5 Å². The number of hydrogen-bond acceptors (Lipinski definition) is 9. The van der Waals surface area contributed by atoms with Crippen LogP contribution in [-0.4, -0.2) is 56.6 Å². The molecule has 39 heavy (non-hydrogen) atoms. The van der Waals surface area contributed by atoms with Crippen molar-refractivity contribution in [3.8, 4) is 16.9 Å². The van der Waals surface area contributed by atoms with Crippen molar-refractivity contribution in [1.82, 2.24) is 19.9 Å². The van der Waals surface area contributed by atoms with E-state index in [1.165, 1.54) is 11.3 Å². The number of aromatic nitrogens is 4. The molecule has 0 unspecified atom stereocenters. The van der Waals surface area contributed by atoms with E-state index in [0.717, 1.165) is 74.3 Å². The normalized spacial score (nSPS) is 16.2. The highest BCUT2D eigenvalue weighted by molar-refractivity contribution is 7.21. The van der Waals surface area contributed by atoms with Gasteiger partial charge in [0.05, 0.1) is 13.5 Å². The first-order chi connectivity index (χ1) is 18.6. The molecule has 0 atom stereocenters. The molecule has 0 bridgehead atoms. The minimum Gasteiger partial charge on any atom is -0.491 e. The molecule has 202 valence electrons. The molecule has 1 fully saturated rings. The Hall–Kier alpha value is -3.63. The number of nitrogens with zero attached hydrogens (tertiary/aromatic N) is 6. The summed E-state index contributed by atoms with van der Waals surface area (Å²) >= 11 is 1.39. The van der Waals surface area contributed by atoms with Crippen LogP contribution in [0.5, 0.6) is 5.75 Å². The Morgan fingerprint density at radius 3 is 2.67 bits per heavy atom. The third kappa shape index (κ3) is 4.72. The Balaban J connectivity index is 1.39. The van der Waals surface area contributed by atoms with Gasteiger partial charge in [-0.25, -0.2) is 29.2 Å². The number of fused-ring (bicyclic) bond motifs is 2. The molecule has 4 aromatic rings. The molecule has 2 aliphatic heterocycles. The van der Waals surface area contributed by atoms with Gasteiger partial charge >= 0.3 is 5.91 Å². The first kappa shape index (κ1) is 25.6. The largest absolute Gasteiger partial charge is 0.491 e. The van der Waals surface area contributed by atoms with E-state index in [4.69, 9.17) is 20.4 Å². The molecule has 0 aliphatic carbocycles. The summed E-state index contributed by atoms with van der Waals surface area (Å²) in [4.78, 5) is 34.4. The lowest BCUT2D eigenvalue weighted by Crippen LogP contribution is -2.33. The van der Waals surface area contributed by atoms with Crippen LogP contribution in [0.3, 0.4) is 0 Å². The summed E-state index contributed by atoms with van der Waals surface area (Å²) in [5, 5.41) is 0.520. The maximum Gasteiger partial charge on any atom is 0.311 e. The molecular formula is C29H34N7O2S+. The molecule has 0 radical (unpaired) electrons. The van der Waals surface area contributed by atoms with Crippen molar-refractivity contribution < 1.29 is 14.0 Å². The zero-order valence-corrected chi connectivity index (χ0v) is 23.9. The van der Waals surface area contributed by atoms with Gasteiger partial charge in [0.2, 0.25) is 0 Å². The van der Waals surface area contributed by atoms with Gasteiger partial charge in [0.25, 0.3) is 0 Å². The van der Waals surface area contributed by atoms with Crippen molar-refractivity contribution in [2.24, 2.45) is 0 Å². The Morgan fingerprint density at radius 1 is 1.15 bits per heavy atom. The first-order valence-electron chi connectivity index (χ1n) is 13.4. The van der Waals surface area contributed by atoms with E-state index in [-0.39, 0.29) is 11.8 Å². The lowest BCUT2D eigenvalue weighted by atomic mass is 9.99. The number of quaternary nitrogens is 1. The van der Waals surface area contributed by atoms with Crippen LogP contribution in [0.25, 0.3) is 21.5 Å². The lowest BCUT2D eigenvalue weighted by molar-refractivity contribution is -0.733. The Labute approximate surface area is 232 Å². The Kier molecular flexibility index (Phi) is 6.27. The van der Waals surface area contributed by atoms with Gasteiger partial charge in [0, 0.05) is 35.1 Å². The second-order valence-electron chi connectivity index (χ2n) is 11.0. The van der Waals surface area contributed by atoms with Crippen LogP contribution in [0.1, 0.15) is 54.9 Å². The monoisotopic (exact) mass is 544 g/mol. The SMILES string of the molecule is CC(=O)[N+]1(Cc2nc(C)c(C(C)C)c(N3CCOc4c(C)cc(-c5cnc6sc(N)nc6c5)cc4C3)n2)CC1. The standard InChI is InChI=1S/C29H34N7O2S/c1-16(2)25-18(4)32-24(15-36(7-8-36)19(5)37)34-27(25)35-6-9-38-26-17(3)10-20(11-22(26)14-35)21-12-23-28(31-13-21)39-29(30)33-23/h10-13,16H,6-9,14-15H2,1-5H3,(H2,30,33)/q+1. The van der Waals surface area contributed by atoms with Crippen molar-refractivity contribution in [2.75, 3.05) is 36.9 Å². The van der Waals surface area contributed by atoms with E-state index < -0.39 is 0 Å². The molecule has 1 amide bonds. The minimum atomic E-state index is 0.179. The molecule has 2 aliphatic rings. The highest BCUT2D eigenvalue weighted by atomic mass is 32.1. The van der Waals surface area contributed by atoms with Gasteiger partial charge in [-0.2, -0.15) is 0 Å². The molecule has 1 aromatic carbocycles. The number of thiazole rings is 1. The maximum absolute atomic E-state index is 12.3. The van der Waals surface area contributed by atoms with Crippen molar-refractivity contribution in [2.45, 2.75) is 53.6 Å². The van der Waals surface area contributed by atoms with Crippen LogP contribution in [0, 0.1) is 13.8 Å².